The van der Waals surface area contributed by atoms with Crippen molar-refractivity contribution in [2.45, 2.75) is 31.1 Å². The van der Waals surface area contributed by atoms with Crippen molar-refractivity contribution < 1.29 is 19.1 Å². The van der Waals surface area contributed by atoms with Crippen LogP contribution in [0.3, 0.4) is 0 Å². The maximum absolute atomic E-state index is 12.8. The Bertz CT molecular complexity index is 923. The number of rotatable bonds is 5. The lowest BCUT2D eigenvalue weighted by molar-refractivity contribution is -0.143. The average molecular weight is 429 g/mol. The van der Waals surface area contributed by atoms with Gasteiger partial charge in [-0.1, -0.05) is 48.0 Å². The summed E-state index contributed by atoms with van der Waals surface area (Å²) < 4.78 is 11.1. The van der Waals surface area contributed by atoms with Gasteiger partial charge in [0.1, 0.15) is 6.04 Å². The third-order valence-corrected chi connectivity index (χ3v) is 6.29. The normalized spacial score (nSPS) is 18.1. The van der Waals surface area contributed by atoms with Crippen LogP contribution in [0.25, 0.3) is 0 Å². The molecule has 4 rings (SSSR count). The first-order chi connectivity index (χ1) is 14.5. The number of fused-ring (bicyclic) bond motifs is 2. The molecule has 1 amide bonds. The molecule has 0 radical (unpaired) electrons. The van der Waals surface area contributed by atoms with Crippen molar-refractivity contribution >= 4 is 23.5 Å². The van der Waals surface area contributed by atoms with Gasteiger partial charge in [0.15, 0.2) is 0 Å². The van der Waals surface area contributed by atoms with Gasteiger partial charge >= 0.3 is 5.97 Å². The molecule has 1 fully saturated rings. The van der Waals surface area contributed by atoms with E-state index in [1.807, 2.05) is 17.0 Å². The largest absolute Gasteiger partial charge is 0.468 e. The highest BCUT2D eigenvalue weighted by molar-refractivity contribution is 6.30. The molecule has 0 aliphatic carbocycles. The molecular weight excluding hydrogens is 404 g/mol. The zero-order chi connectivity index (χ0) is 21.1. The van der Waals surface area contributed by atoms with Crippen LogP contribution in [0.5, 0.6) is 0 Å². The van der Waals surface area contributed by atoms with E-state index in [2.05, 4.69) is 17.4 Å². The van der Waals surface area contributed by atoms with Crippen LogP contribution in [-0.4, -0.2) is 43.5 Å². The second kappa shape index (κ2) is 8.76. The molecule has 0 saturated carbocycles. The van der Waals surface area contributed by atoms with Gasteiger partial charge in [0.2, 0.25) is 5.91 Å². The number of nitrogens with one attached hydrogen (secondary N) is 1. The van der Waals surface area contributed by atoms with Crippen LogP contribution in [0.4, 0.5) is 0 Å². The summed E-state index contributed by atoms with van der Waals surface area (Å²) in [6, 6.07) is 14.5. The summed E-state index contributed by atoms with van der Waals surface area (Å²) in [4.78, 5) is 26.8. The van der Waals surface area contributed by atoms with Crippen molar-refractivity contribution in [2.24, 2.45) is 0 Å². The van der Waals surface area contributed by atoms with Crippen LogP contribution in [0.1, 0.15) is 35.6 Å². The Morgan fingerprint density at radius 1 is 1.17 bits per heavy atom. The second-order valence-corrected chi connectivity index (χ2v) is 8.15. The number of carbonyl (C=O) groups excluding carboxylic acids is 2. The number of likely N-dealkylation sites (tertiary alicyclic amines) is 1. The van der Waals surface area contributed by atoms with Gasteiger partial charge in [-0.25, -0.2) is 4.79 Å². The molecule has 7 heteroatoms. The van der Waals surface area contributed by atoms with Gasteiger partial charge in [0.25, 0.3) is 0 Å². The first-order valence-corrected chi connectivity index (χ1v) is 10.5. The number of piperidine rings is 1. The predicted octanol–water partition coefficient (Wildman–Crippen LogP) is 3.19. The number of ether oxygens (including phenoxy) is 2. The van der Waals surface area contributed by atoms with Crippen LogP contribution < -0.4 is 5.32 Å². The molecule has 2 aliphatic rings. The summed E-state index contributed by atoms with van der Waals surface area (Å²) in [5.41, 5.74) is 2.91. The van der Waals surface area contributed by atoms with Crippen molar-refractivity contribution in [1.29, 1.82) is 0 Å². The molecule has 6 nitrogen and oxygen atoms in total. The van der Waals surface area contributed by atoms with E-state index >= 15 is 0 Å². The standard InChI is InChI=1S/C23H25ClN2O4/c1-29-22(28)21(16-6-8-18(24)9-7-16)25-14-20(27)26-12-10-23(11-13-26)19-5-3-2-4-17(19)15-30-23/h2-9,21,25H,10-15H2,1H3. The van der Waals surface area contributed by atoms with E-state index in [1.54, 1.807) is 24.3 Å². The number of hydrogen-bond acceptors (Lipinski definition) is 5. The fourth-order valence-corrected chi connectivity index (χ4v) is 4.45. The number of carbonyl (C=O) groups is 2. The Balaban J connectivity index is 1.36. The van der Waals surface area contributed by atoms with E-state index in [0.29, 0.717) is 30.3 Å². The zero-order valence-corrected chi connectivity index (χ0v) is 17.7. The molecule has 0 aromatic heterocycles. The summed E-state index contributed by atoms with van der Waals surface area (Å²) >= 11 is 5.93. The number of nitrogens with zero attached hydrogens (tertiary/aromatic N) is 1. The van der Waals surface area contributed by atoms with E-state index in [4.69, 9.17) is 21.1 Å². The van der Waals surface area contributed by atoms with Gasteiger partial charge in [-0.05, 0) is 41.7 Å². The predicted molar refractivity (Wildman–Crippen MR) is 113 cm³/mol. The Labute approximate surface area is 181 Å². The lowest BCUT2D eigenvalue weighted by Gasteiger charge is -2.39. The minimum Gasteiger partial charge on any atom is -0.468 e. The number of amides is 1. The smallest absolute Gasteiger partial charge is 0.327 e. The Morgan fingerprint density at radius 2 is 1.87 bits per heavy atom. The van der Waals surface area contributed by atoms with E-state index < -0.39 is 12.0 Å². The molecule has 1 saturated heterocycles. The molecule has 2 aliphatic heterocycles. The minimum atomic E-state index is -0.725. The van der Waals surface area contributed by atoms with Crippen LogP contribution in [-0.2, 0) is 31.3 Å². The van der Waals surface area contributed by atoms with Gasteiger partial charge in [0, 0.05) is 18.1 Å². The number of esters is 1. The van der Waals surface area contributed by atoms with Crippen LogP contribution in [0, 0.1) is 0 Å². The maximum Gasteiger partial charge on any atom is 0.327 e. The molecule has 2 aromatic rings. The van der Waals surface area contributed by atoms with E-state index in [9.17, 15) is 9.59 Å². The molecule has 2 aromatic carbocycles. The third-order valence-electron chi connectivity index (χ3n) is 6.03. The summed E-state index contributed by atoms with van der Waals surface area (Å²) in [5.74, 6) is -0.488. The summed E-state index contributed by atoms with van der Waals surface area (Å²) in [5, 5.41) is 3.62. The van der Waals surface area contributed by atoms with Crippen molar-refractivity contribution in [3.63, 3.8) is 0 Å². The van der Waals surface area contributed by atoms with E-state index in [-0.39, 0.29) is 18.1 Å². The first kappa shape index (κ1) is 20.8. The first-order valence-electron chi connectivity index (χ1n) is 10.1. The van der Waals surface area contributed by atoms with Crippen molar-refractivity contribution in [3.8, 4) is 0 Å². The van der Waals surface area contributed by atoms with Gasteiger partial charge in [-0.3, -0.25) is 10.1 Å². The SMILES string of the molecule is COC(=O)C(NCC(=O)N1CCC2(CC1)OCc1ccccc12)c1ccc(Cl)cc1. The fourth-order valence-electron chi connectivity index (χ4n) is 4.33. The molecule has 0 bridgehead atoms. The zero-order valence-electron chi connectivity index (χ0n) is 16.9. The highest BCUT2D eigenvalue weighted by atomic mass is 35.5. The minimum absolute atomic E-state index is 0.0426. The molecule has 2 heterocycles. The van der Waals surface area contributed by atoms with Gasteiger partial charge in [-0.15, -0.1) is 0 Å². The van der Waals surface area contributed by atoms with Crippen molar-refractivity contribution in [1.82, 2.24) is 10.2 Å². The van der Waals surface area contributed by atoms with Crippen LogP contribution in [0.15, 0.2) is 48.5 Å². The summed E-state index contributed by atoms with van der Waals surface area (Å²) in [6.45, 7) is 1.93. The Morgan fingerprint density at radius 3 is 2.57 bits per heavy atom. The highest BCUT2D eigenvalue weighted by Gasteiger charge is 2.43. The lowest BCUT2D eigenvalue weighted by Crippen LogP contribution is -2.48. The topological polar surface area (TPSA) is 67.9 Å². The van der Waals surface area contributed by atoms with Gasteiger partial charge in [-0.2, -0.15) is 0 Å². The number of hydrogen-bond donors (Lipinski definition) is 1. The number of benzene rings is 2. The monoisotopic (exact) mass is 428 g/mol. The molecule has 1 spiro atoms. The third kappa shape index (κ3) is 4.08. The summed E-state index contributed by atoms with van der Waals surface area (Å²) in [6.07, 6.45) is 1.54. The average Bonchev–Trinajstić information content (AvgIpc) is 3.13. The summed E-state index contributed by atoms with van der Waals surface area (Å²) in [7, 11) is 1.33. The molecule has 158 valence electrons. The highest BCUT2D eigenvalue weighted by Crippen LogP contribution is 2.43. The van der Waals surface area contributed by atoms with Crippen LogP contribution in [0.2, 0.25) is 5.02 Å². The Hall–Kier alpha value is -2.41. The maximum atomic E-state index is 12.8. The molecule has 1 unspecified atom stereocenters. The number of halogens is 1. The van der Waals surface area contributed by atoms with Gasteiger partial charge < -0.3 is 14.4 Å². The van der Waals surface area contributed by atoms with Crippen molar-refractivity contribution in [3.05, 3.63) is 70.2 Å². The molecular formula is C23H25ClN2O4. The van der Waals surface area contributed by atoms with E-state index in [1.165, 1.54) is 18.2 Å². The van der Waals surface area contributed by atoms with Crippen molar-refractivity contribution in [2.75, 3.05) is 26.7 Å². The van der Waals surface area contributed by atoms with Crippen LogP contribution >= 0.6 is 11.6 Å². The lowest BCUT2D eigenvalue weighted by atomic mass is 9.84. The van der Waals surface area contributed by atoms with Gasteiger partial charge in [0.05, 0.1) is 25.9 Å². The second-order valence-electron chi connectivity index (χ2n) is 7.71. The fraction of sp³-hybridized carbons (Fsp3) is 0.391. The van der Waals surface area contributed by atoms with E-state index in [0.717, 1.165) is 12.8 Å². The molecule has 1 atom stereocenters. The Kier molecular flexibility index (Phi) is 6.09. The number of methoxy groups -OCH3 is 1. The molecule has 30 heavy (non-hydrogen) atoms. The quantitative estimate of drug-likeness (QED) is 0.741. The molecule has 1 N–H and O–H groups in total.